The molecule has 1 aromatic carbocycles. The molecule has 0 radical (unpaired) electrons. The van der Waals surface area contributed by atoms with E-state index in [1.807, 2.05) is 31.2 Å². The van der Waals surface area contributed by atoms with Crippen LogP contribution in [0.25, 0.3) is 0 Å². The fraction of sp³-hybridized carbons (Fsp3) is 0.182. The predicted molar refractivity (Wildman–Crippen MR) is 70.0 cm³/mol. The van der Waals surface area contributed by atoms with Gasteiger partial charge in [0, 0.05) is 0 Å². The van der Waals surface area contributed by atoms with E-state index in [2.05, 4.69) is 20.9 Å². The van der Waals surface area contributed by atoms with Gasteiger partial charge in [-0.25, -0.2) is 13.4 Å². The Morgan fingerprint density at radius 3 is 2.65 bits per heavy atom. The Morgan fingerprint density at radius 1 is 1.35 bits per heavy atom. The molecule has 1 heterocycles. The molecule has 0 unspecified atom stereocenters. The van der Waals surface area contributed by atoms with E-state index < -0.39 is 9.84 Å². The van der Waals surface area contributed by atoms with Crippen LogP contribution in [-0.4, -0.2) is 19.0 Å². The summed E-state index contributed by atoms with van der Waals surface area (Å²) in [5, 5.41) is 1.11. The fourth-order valence-corrected chi connectivity index (χ4v) is 2.70. The standard InChI is InChI=1S/C11H10BrNO3S/c1-8-4-2-3-5-10(8)16-6-9-7-17(14,15)11(12)13-9/h2-5,7H,6H2,1H3. The molecular weight excluding hydrogens is 306 g/mol. The van der Waals surface area contributed by atoms with Crippen LogP contribution in [0.1, 0.15) is 5.56 Å². The normalized spacial score (nSPS) is 17.5. The smallest absolute Gasteiger partial charge is 0.225 e. The number of aliphatic imine (C=N–C) groups is 1. The van der Waals surface area contributed by atoms with E-state index in [9.17, 15) is 8.42 Å². The maximum Gasteiger partial charge on any atom is 0.225 e. The van der Waals surface area contributed by atoms with E-state index in [1.54, 1.807) is 0 Å². The van der Waals surface area contributed by atoms with Gasteiger partial charge < -0.3 is 4.74 Å². The van der Waals surface area contributed by atoms with Crippen LogP contribution >= 0.6 is 15.9 Å². The highest BCUT2D eigenvalue weighted by Crippen LogP contribution is 2.21. The molecule has 0 atom stereocenters. The first-order chi connectivity index (χ1) is 7.99. The zero-order chi connectivity index (χ0) is 12.5. The molecule has 1 aliphatic heterocycles. The van der Waals surface area contributed by atoms with Gasteiger partial charge in [-0.05, 0) is 34.5 Å². The number of sulfone groups is 1. The first-order valence-electron chi connectivity index (χ1n) is 4.87. The van der Waals surface area contributed by atoms with Crippen molar-refractivity contribution >= 4 is 29.7 Å². The summed E-state index contributed by atoms with van der Waals surface area (Å²) in [7, 11) is -3.36. The Labute approximate surface area is 108 Å². The molecule has 0 fully saturated rings. The molecule has 17 heavy (non-hydrogen) atoms. The van der Waals surface area contributed by atoms with Gasteiger partial charge >= 0.3 is 0 Å². The minimum atomic E-state index is -3.36. The molecule has 2 rings (SSSR count). The summed E-state index contributed by atoms with van der Waals surface area (Å²) in [6, 6.07) is 7.53. The molecule has 0 saturated heterocycles. The Hall–Kier alpha value is -1.14. The molecule has 4 nitrogen and oxygen atoms in total. The van der Waals surface area contributed by atoms with E-state index in [1.165, 1.54) is 0 Å². The predicted octanol–water partition coefficient (Wildman–Crippen LogP) is 2.39. The second kappa shape index (κ2) is 4.62. The van der Waals surface area contributed by atoms with Crippen molar-refractivity contribution in [2.24, 2.45) is 4.99 Å². The van der Waals surface area contributed by atoms with Crippen LogP contribution in [0.3, 0.4) is 0 Å². The van der Waals surface area contributed by atoms with E-state index in [4.69, 9.17) is 4.74 Å². The monoisotopic (exact) mass is 315 g/mol. The highest BCUT2D eigenvalue weighted by Gasteiger charge is 2.22. The van der Waals surface area contributed by atoms with Gasteiger partial charge in [-0.15, -0.1) is 0 Å². The number of hydrogen-bond acceptors (Lipinski definition) is 4. The summed E-state index contributed by atoms with van der Waals surface area (Å²) in [6.07, 6.45) is 0. The fourth-order valence-electron chi connectivity index (χ4n) is 1.37. The Morgan fingerprint density at radius 2 is 2.06 bits per heavy atom. The van der Waals surface area contributed by atoms with Crippen molar-refractivity contribution in [1.82, 2.24) is 0 Å². The van der Waals surface area contributed by atoms with E-state index in [0.717, 1.165) is 16.7 Å². The summed E-state index contributed by atoms with van der Waals surface area (Å²) in [5.41, 5.74) is 1.39. The SMILES string of the molecule is Cc1ccccc1OCC1=CS(=O)(=O)C(Br)=N1. The number of rotatable bonds is 3. The third-order valence-electron chi connectivity index (χ3n) is 2.23. The first kappa shape index (κ1) is 12.3. The van der Waals surface area contributed by atoms with Gasteiger partial charge in [0.05, 0.1) is 11.1 Å². The zero-order valence-corrected chi connectivity index (χ0v) is 11.5. The Balaban J connectivity index is 2.09. The van der Waals surface area contributed by atoms with Crippen LogP contribution in [0.2, 0.25) is 0 Å². The van der Waals surface area contributed by atoms with Crippen LogP contribution in [0.5, 0.6) is 5.75 Å². The van der Waals surface area contributed by atoms with Gasteiger partial charge in [-0.3, -0.25) is 0 Å². The minimum absolute atomic E-state index is 0.0617. The zero-order valence-electron chi connectivity index (χ0n) is 9.05. The minimum Gasteiger partial charge on any atom is -0.487 e. The number of hydrogen-bond donors (Lipinski definition) is 0. The average Bonchev–Trinajstić information content (AvgIpc) is 2.52. The average molecular weight is 316 g/mol. The number of aryl methyl sites for hydroxylation is 1. The summed E-state index contributed by atoms with van der Waals surface area (Å²) in [4.78, 5) is 3.87. The van der Waals surface area contributed by atoms with E-state index >= 15 is 0 Å². The van der Waals surface area contributed by atoms with Crippen LogP contribution in [0.15, 0.2) is 40.4 Å². The Kier molecular flexibility index (Phi) is 3.35. The second-order valence-corrected chi connectivity index (χ2v) is 6.56. The summed E-state index contributed by atoms with van der Waals surface area (Å²) in [5.74, 6) is 0.726. The van der Waals surface area contributed by atoms with Crippen molar-refractivity contribution in [2.45, 2.75) is 6.92 Å². The van der Waals surface area contributed by atoms with Crippen LogP contribution < -0.4 is 4.74 Å². The lowest BCUT2D eigenvalue weighted by Gasteiger charge is -2.07. The number of nitrogens with zero attached hydrogens (tertiary/aromatic N) is 1. The second-order valence-electron chi connectivity index (χ2n) is 3.57. The molecule has 1 aliphatic rings. The molecule has 90 valence electrons. The maximum absolute atomic E-state index is 11.3. The van der Waals surface area contributed by atoms with Crippen molar-refractivity contribution in [2.75, 3.05) is 6.61 Å². The number of benzene rings is 1. The van der Waals surface area contributed by atoms with Crippen molar-refractivity contribution in [1.29, 1.82) is 0 Å². The van der Waals surface area contributed by atoms with Gasteiger partial charge in [0.15, 0.2) is 0 Å². The van der Waals surface area contributed by atoms with Gasteiger partial charge in [0.2, 0.25) is 13.8 Å². The maximum atomic E-state index is 11.3. The summed E-state index contributed by atoms with van der Waals surface area (Å²) in [6.45, 7) is 2.06. The third-order valence-corrected chi connectivity index (χ3v) is 4.90. The molecule has 0 aliphatic carbocycles. The number of para-hydroxylation sites is 1. The third kappa shape index (κ3) is 2.76. The lowest BCUT2D eigenvalue weighted by molar-refractivity contribution is 0.349. The quantitative estimate of drug-likeness (QED) is 0.860. The molecule has 0 saturated carbocycles. The Bertz CT molecular complexity index is 605. The lowest BCUT2D eigenvalue weighted by atomic mass is 10.2. The topological polar surface area (TPSA) is 55.7 Å². The van der Waals surface area contributed by atoms with E-state index in [-0.39, 0.29) is 10.6 Å². The van der Waals surface area contributed by atoms with E-state index in [0.29, 0.717) is 5.70 Å². The van der Waals surface area contributed by atoms with Crippen molar-refractivity contribution in [3.05, 3.63) is 40.9 Å². The lowest BCUT2D eigenvalue weighted by Crippen LogP contribution is -2.00. The number of halogens is 1. The molecule has 0 spiro atoms. The molecule has 1 aromatic rings. The molecule has 0 bridgehead atoms. The van der Waals surface area contributed by atoms with Crippen molar-refractivity contribution in [3.8, 4) is 5.75 Å². The summed E-state index contributed by atoms with van der Waals surface area (Å²) >= 11 is 2.90. The summed E-state index contributed by atoms with van der Waals surface area (Å²) < 4.78 is 28.1. The van der Waals surface area contributed by atoms with Gasteiger partial charge in [-0.1, -0.05) is 18.2 Å². The molecule has 0 N–H and O–H groups in total. The molecule has 0 aromatic heterocycles. The van der Waals surface area contributed by atoms with Gasteiger partial charge in [-0.2, -0.15) is 0 Å². The van der Waals surface area contributed by atoms with Crippen LogP contribution in [0, 0.1) is 6.92 Å². The largest absolute Gasteiger partial charge is 0.487 e. The highest BCUT2D eigenvalue weighted by atomic mass is 79.9. The molecular formula is C11H10BrNO3S. The van der Waals surface area contributed by atoms with Gasteiger partial charge in [0.1, 0.15) is 12.4 Å². The van der Waals surface area contributed by atoms with Crippen molar-refractivity contribution in [3.63, 3.8) is 0 Å². The molecule has 0 amide bonds. The number of ether oxygens (including phenoxy) is 1. The van der Waals surface area contributed by atoms with Crippen LogP contribution in [-0.2, 0) is 9.84 Å². The molecule has 6 heteroatoms. The van der Waals surface area contributed by atoms with Gasteiger partial charge in [0.25, 0.3) is 0 Å². The highest BCUT2D eigenvalue weighted by molar-refractivity contribution is 9.21. The van der Waals surface area contributed by atoms with Crippen molar-refractivity contribution < 1.29 is 13.2 Å². The van der Waals surface area contributed by atoms with Crippen LogP contribution in [0.4, 0.5) is 0 Å². The first-order valence-corrected chi connectivity index (χ1v) is 7.21.